The minimum atomic E-state index is -0.0595. The smallest absolute Gasteiger partial charge is 0.274 e. The highest BCUT2D eigenvalue weighted by Crippen LogP contribution is 2.42. The maximum Gasteiger partial charge on any atom is 0.274 e. The van der Waals surface area contributed by atoms with E-state index in [0.717, 1.165) is 5.56 Å². The number of aliphatic hydroxyl groups is 1. The van der Waals surface area contributed by atoms with Gasteiger partial charge in [0.05, 0.1) is 0 Å². The lowest BCUT2D eigenvalue weighted by Gasteiger charge is -2.25. The van der Waals surface area contributed by atoms with Crippen molar-refractivity contribution in [2.75, 3.05) is 19.7 Å². The van der Waals surface area contributed by atoms with E-state index in [1.54, 1.807) is 16.8 Å². The van der Waals surface area contributed by atoms with Gasteiger partial charge in [-0.1, -0.05) is 44.2 Å². The molecule has 1 aromatic carbocycles. The fraction of sp³-hybridized carbons (Fsp3) is 0.381. The molecule has 3 heterocycles. The molecule has 4 rings (SSSR count). The van der Waals surface area contributed by atoms with Gasteiger partial charge < -0.3 is 10.0 Å². The van der Waals surface area contributed by atoms with Crippen molar-refractivity contribution < 1.29 is 9.90 Å². The molecule has 27 heavy (non-hydrogen) atoms. The first-order valence-corrected chi connectivity index (χ1v) is 9.27. The highest BCUT2D eigenvalue weighted by Gasteiger charge is 2.42. The summed E-state index contributed by atoms with van der Waals surface area (Å²) in [5, 5.41) is 13.5. The lowest BCUT2D eigenvalue weighted by molar-refractivity contribution is 0.0772. The molecule has 1 aliphatic heterocycles. The quantitative estimate of drug-likeness (QED) is 0.772. The van der Waals surface area contributed by atoms with Crippen LogP contribution in [0.3, 0.4) is 0 Å². The number of hydrogen-bond donors (Lipinski definition) is 1. The average molecular weight is 364 g/mol. The zero-order valence-electron chi connectivity index (χ0n) is 15.7. The molecule has 2 aromatic heterocycles. The molecule has 0 aliphatic carbocycles. The molecule has 1 unspecified atom stereocenters. The predicted octanol–water partition coefficient (Wildman–Crippen LogP) is 2.53. The normalized spacial score (nSPS) is 18.9. The standard InChI is InChI=1S/C21H24N4O2/c1-21(2)14-24(13-17(21)16-6-4-3-5-7-16)20(27)18-10-19-22-11-15(8-9-26)12-25(19)23-18/h3-7,10-12,17,26H,8-9,13-14H2,1-2H3. The first-order valence-electron chi connectivity index (χ1n) is 9.27. The van der Waals surface area contributed by atoms with Crippen LogP contribution in [0.5, 0.6) is 0 Å². The highest BCUT2D eigenvalue weighted by molar-refractivity contribution is 5.93. The Morgan fingerprint density at radius 1 is 1.30 bits per heavy atom. The summed E-state index contributed by atoms with van der Waals surface area (Å²) < 4.78 is 1.62. The Kier molecular flexibility index (Phi) is 4.44. The monoisotopic (exact) mass is 364 g/mol. The van der Waals surface area contributed by atoms with Crippen molar-refractivity contribution in [3.63, 3.8) is 0 Å². The van der Waals surface area contributed by atoms with Crippen LogP contribution in [0.1, 0.15) is 41.4 Å². The van der Waals surface area contributed by atoms with Crippen molar-refractivity contribution >= 4 is 11.6 Å². The molecule has 0 spiro atoms. The average Bonchev–Trinajstić information content (AvgIpc) is 3.22. The number of carbonyl (C=O) groups is 1. The minimum absolute atomic E-state index is 0.00270. The maximum absolute atomic E-state index is 13.1. The molecule has 6 nitrogen and oxygen atoms in total. The van der Waals surface area contributed by atoms with Crippen LogP contribution in [0.15, 0.2) is 48.8 Å². The van der Waals surface area contributed by atoms with Gasteiger partial charge in [-0.3, -0.25) is 4.79 Å². The second-order valence-electron chi connectivity index (χ2n) is 7.91. The number of aromatic nitrogens is 3. The Bertz CT molecular complexity index is 965. The minimum Gasteiger partial charge on any atom is -0.396 e. The van der Waals surface area contributed by atoms with Crippen LogP contribution in [0, 0.1) is 5.41 Å². The van der Waals surface area contributed by atoms with Gasteiger partial charge in [-0.05, 0) is 23.0 Å². The number of benzene rings is 1. The van der Waals surface area contributed by atoms with Gasteiger partial charge in [0.25, 0.3) is 5.91 Å². The highest BCUT2D eigenvalue weighted by atomic mass is 16.3. The Morgan fingerprint density at radius 2 is 2.07 bits per heavy atom. The van der Waals surface area contributed by atoms with Crippen LogP contribution in [-0.4, -0.2) is 50.2 Å². The van der Waals surface area contributed by atoms with Crippen LogP contribution in [0.25, 0.3) is 5.65 Å². The summed E-state index contributed by atoms with van der Waals surface area (Å²) in [5.74, 6) is 0.240. The van der Waals surface area contributed by atoms with E-state index in [0.29, 0.717) is 36.8 Å². The Balaban J connectivity index is 1.59. The maximum atomic E-state index is 13.1. The predicted molar refractivity (Wildman–Crippen MR) is 103 cm³/mol. The lowest BCUT2D eigenvalue weighted by atomic mass is 9.78. The van der Waals surface area contributed by atoms with Crippen LogP contribution in [-0.2, 0) is 6.42 Å². The molecule has 1 atom stereocenters. The van der Waals surface area contributed by atoms with E-state index in [1.807, 2.05) is 29.3 Å². The van der Waals surface area contributed by atoms with E-state index in [1.165, 1.54) is 5.56 Å². The fourth-order valence-electron chi connectivity index (χ4n) is 3.97. The summed E-state index contributed by atoms with van der Waals surface area (Å²) in [5.41, 5.74) is 3.20. The van der Waals surface area contributed by atoms with Crippen molar-refractivity contribution in [3.05, 3.63) is 65.6 Å². The molecule has 0 saturated carbocycles. The third-order valence-corrected chi connectivity index (χ3v) is 5.42. The summed E-state index contributed by atoms with van der Waals surface area (Å²) in [6.45, 7) is 5.87. The number of hydrogen-bond acceptors (Lipinski definition) is 4. The van der Waals surface area contributed by atoms with Crippen molar-refractivity contribution in [3.8, 4) is 0 Å². The molecular formula is C21H24N4O2. The SMILES string of the molecule is CC1(C)CN(C(=O)c2cc3ncc(CCO)cn3n2)CC1c1ccccc1. The third-order valence-electron chi connectivity index (χ3n) is 5.42. The van der Waals surface area contributed by atoms with Gasteiger partial charge in [-0.15, -0.1) is 0 Å². The van der Waals surface area contributed by atoms with Gasteiger partial charge in [-0.25, -0.2) is 9.50 Å². The number of nitrogens with zero attached hydrogens (tertiary/aromatic N) is 4. The van der Waals surface area contributed by atoms with Crippen molar-refractivity contribution in [1.82, 2.24) is 19.5 Å². The largest absolute Gasteiger partial charge is 0.396 e. The summed E-state index contributed by atoms with van der Waals surface area (Å²) in [6, 6.07) is 12.1. The molecule has 1 fully saturated rings. The Hall–Kier alpha value is -2.73. The Labute approximate surface area is 158 Å². The van der Waals surface area contributed by atoms with Crippen LogP contribution < -0.4 is 0 Å². The first-order chi connectivity index (χ1) is 13.0. The topological polar surface area (TPSA) is 70.7 Å². The molecule has 0 bridgehead atoms. The van der Waals surface area contributed by atoms with E-state index >= 15 is 0 Å². The van der Waals surface area contributed by atoms with E-state index in [2.05, 4.69) is 36.1 Å². The Morgan fingerprint density at radius 3 is 2.81 bits per heavy atom. The van der Waals surface area contributed by atoms with Crippen LogP contribution in [0.4, 0.5) is 0 Å². The summed E-state index contributed by atoms with van der Waals surface area (Å²) in [4.78, 5) is 19.3. The molecule has 1 saturated heterocycles. The van der Waals surface area contributed by atoms with Gasteiger partial charge in [0.1, 0.15) is 0 Å². The van der Waals surface area contributed by atoms with Gasteiger partial charge in [0.2, 0.25) is 0 Å². The van der Waals surface area contributed by atoms with Gasteiger partial charge in [0, 0.05) is 44.1 Å². The number of carbonyl (C=O) groups excluding carboxylic acids is 1. The number of likely N-dealkylation sites (tertiary alicyclic amines) is 1. The molecular weight excluding hydrogens is 340 g/mol. The second kappa shape index (κ2) is 6.78. The second-order valence-corrected chi connectivity index (χ2v) is 7.91. The fourth-order valence-corrected chi connectivity index (χ4v) is 3.97. The van der Waals surface area contributed by atoms with E-state index in [4.69, 9.17) is 5.11 Å². The van der Waals surface area contributed by atoms with E-state index < -0.39 is 0 Å². The molecule has 0 radical (unpaired) electrons. The zero-order chi connectivity index (χ0) is 19.0. The number of amides is 1. The molecule has 6 heteroatoms. The molecule has 3 aromatic rings. The van der Waals surface area contributed by atoms with Gasteiger partial charge in [0.15, 0.2) is 11.3 Å². The number of aliphatic hydroxyl groups excluding tert-OH is 1. The molecule has 140 valence electrons. The summed E-state index contributed by atoms with van der Waals surface area (Å²) in [7, 11) is 0. The van der Waals surface area contributed by atoms with E-state index in [9.17, 15) is 4.79 Å². The van der Waals surface area contributed by atoms with E-state index in [-0.39, 0.29) is 17.9 Å². The number of fused-ring (bicyclic) bond motifs is 1. The van der Waals surface area contributed by atoms with Crippen molar-refractivity contribution in [2.45, 2.75) is 26.2 Å². The summed E-state index contributed by atoms with van der Waals surface area (Å²) in [6.07, 6.45) is 4.05. The third kappa shape index (κ3) is 3.32. The summed E-state index contributed by atoms with van der Waals surface area (Å²) >= 11 is 0. The lowest BCUT2D eigenvalue weighted by Crippen LogP contribution is -2.30. The van der Waals surface area contributed by atoms with Crippen LogP contribution in [0.2, 0.25) is 0 Å². The number of rotatable bonds is 4. The van der Waals surface area contributed by atoms with Crippen LogP contribution >= 0.6 is 0 Å². The first kappa shape index (κ1) is 17.7. The van der Waals surface area contributed by atoms with Crippen molar-refractivity contribution in [2.24, 2.45) is 5.41 Å². The molecule has 1 aliphatic rings. The van der Waals surface area contributed by atoms with Crippen molar-refractivity contribution in [1.29, 1.82) is 0 Å². The van der Waals surface area contributed by atoms with Gasteiger partial charge >= 0.3 is 0 Å². The molecule has 1 N–H and O–H groups in total. The van der Waals surface area contributed by atoms with Gasteiger partial charge in [-0.2, -0.15) is 5.10 Å². The molecule has 1 amide bonds. The zero-order valence-corrected chi connectivity index (χ0v) is 15.7.